The molecule has 4 nitrogen and oxygen atoms in total. The van der Waals surface area contributed by atoms with E-state index in [2.05, 4.69) is 5.10 Å². The monoisotopic (exact) mass is 306 g/mol. The Balaban J connectivity index is 2.51. The Labute approximate surface area is 129 Å². The molecule has 1 aromatic carbocycles. The second-order valence-electron chi connectivity index (χ2n) is 5.04. The Bertz CT molecular complexity index is 635. The largest absolute Gasteiger partial charge is 0.461 e. The van der Waals surface area contributed by atoms with Crippen molar-refractivity contribution >= 4 is 17.6 Å². The van der Waals surface area contributed by atoms with Crippen molar-refractivity contribution in [2.75, 3.05) is 6.61 Å². The van der Waals surface area contributed by atoms with Gasteiger partial charge in [-0.1, -0.05) is 26.0 Å². The molecule has 0 saturated heterocycles. The number of aromatic nitrogens is 2. The summed E-state index contributed by atoms with van der Waals surface area (Å²) in [5, 5.41) is 4.53. The number of carbonyl (C=O) groups excluding carboxylic acids is 1. The molecule has 0 fully saturated rings. The Morgan fingerprint density at radius 3 is 2.76 bits per heavy atom. The molecule has 0 unspecified atom stereocenters. The van der Waals surface area contributed by atoms with E-state index in [4.69, 9.17) is 16.3 Å². The van der Waals surface area contributed by atoms with Gasteiger partial charge in [0.05, 0.1) is 18.0 Å². The van der Waals surface area contributed by atoms with Crippen molar-refractivity contribution in [2.45, 2.75) is 32.6 Å². The number of esters is 1. The summed E-state index contributed by atoms with van der Waals surface area (Å²) < 4.78 is 6.74. The number of ether oxygens (including phenoxy) is 1. The average molecular weight is 307 g/mol. The van der Waals surface area contributed by atoms with Gasteiger partial charge in [0.25, 0.3) is 0 Å². The molecule has 0 radical (unpaired) electrons. The first kappa shape index (κ1) is 15.6. The van der Waals surface area contributed by atoms with Crippen LogP contribution in [0.5, 0.6) is 0 Å². The van der Waals surface area contributed by atoms with Gasteiger partial charge in [-0.2, -0.15) is 5.10 Å². The predicted octanol–water partition coefficient (Wildman–Crippen LogP) is 3.91. The van der Waals surface area contributed by atoms with Crippen LogP contribution in [0.15, 0.2) is 30.3 Å². The van der Waals surface area contributed by atoms with E-state index in [1.807, 2.05) is 38.1 Å². The number of nitrogens with zero attached hydrogens (tertiary/aromatic N) is 2. The topological polar surface area (TPSA) is 44.1 Å². The summed E-state index contributed by atoms with van der Waals surface area (Å²) in [6.07, 6.45) is 0. The molecule has 21 heavy (non-hydrogen) atoms. The van der Waals surface area contributed by atoms with E-state index in [0.717, 1.165) is 16.9 Å². The quantitative estimate of drug-likeness (QED) is 0.621. The molecule has 0 aliphatic heterocycles. The molecule has 0 aliphatic carbocycles. The molecule has 112 valence electrons. The maximum absolute atomic E-state index is 12.1. The SMILES string of the molecule is CCOC(=O)c1cc(C(C)C)nn1-c1cccc(CCl)c1. The summed E-state index contributed by atoms with van der Waals surface area (Å²) in [5.41, 5.74) is 3.08. The van der Waals surface area contributed by atoms with Crippen molar-refractivity contribution in [3.8, 4) is 5.69 Å². The normalized spacial score (nSPS) is 10.9. The third-order valence-electron chi connectivity index (χ3n) is 3.11. The van der Waals surface area contributed by atoms with Crippen LogP contribution < -0.4 is 0 Å². The predicted molar refractivity (Wildman–Crippen MR) is 83.2 cm³/mol. The minimum atomic E-state index is -0.367. The molecule has 1 aromatic heterocycles. The highest BCUT2D eigenvalue weighted by atomic mass is 35.5. The van der Waals surface area contributed by atoms with Crippen molar-refractivity contribution < 1.29 is 9.53 Å². The van der Waals surface area contributed by atoms with Crippen molar-refractivity contribution in [2.24, 2.45) is 0 Å². The van der Waals surface area contributed by atoms with Gasteiger partial charge in [0.1, 0.15) is 0 Å². The summed E-state index contributed by atoms with van der Waals surface area (Å²) in [7, 11) is 0. The lowest BCUT2D eigenvalue weighted by molar-refractivity contribution is 0.0515. The fourth-order valence-corrected chi connectivity index (χ4v) is 2.17. The van der Waals surface area contributed by atoms with Crippen LogP contribution in [-0.4, -0.2) is 22.4 Å². The molecule has 0 N–H and O–H groups in total. The molecule has 2 rings (SSSR count). The van der Waals surface area contributed by atoms with Crippen molar-refractivity contribution in [3.05, 3.63) is 47.3 Å². The number of hydrogen-bond donors (Lipinski definition) is 0. The van der Waals surface area contributed by atoms with Gasteiger partial charge in [-0.05, 0) is 36.6 Å². The van der Waals surface area contributed by atoms with Crippen molar-refractivity contribution in [1.82, 2.24) is 9.78 Å². The molecule has 0 spiro atoms. The van der Waals surface area contributed by atoms with Gasteiger partial charge in [0.15, 0.2) is 5.69 Å². The molecule has 0 amide bonds. The maximum atomic E-state index is 12.1. The zero-order valence-corrected chi connectivity index (χ0v) is 13.2. The fraction of sp³-hybridized carbons (Fsp3) is 0.375. The molecule has 0 atom stereocenters. The van der Waals surface area contributed by atoms with Gasteiger partial charge in [-0.3, -0.25) is 0 Å². The van der Waals surface area contributed by atoms with E-state index < -0.39 is 0 Å². The third kappa shape index (κ3) is 3.45. The van der Waals surface area contributed by atoms with Crippen LogP contribution in [0.1, 0.15) is 48.4 Å². The molecule has 5 heteroatoms. The highest BCUT2D eigenvalue weighted by Gasteiger charge is 2.19. The molecule has 1 heterocycles. The first-order valence-electron chi connectivity index (χ1n) is 6.99. The number of rotatable bonds is 5. The number of halogens is 1. The summed E-state index contributed by atoms with van der Waals surface area (Å²) >= 11 is 5.87. The Hall–Kier alpha value is -1.81. The third-order valence-corrected chi connectivity index (χ3v) is 3.42. The smallest absolute Gasteiger partial charge is 0.357 e. The summed E-state index contributed by atoms with van der Waals surface area (Å²) in [5.74, 6) is 0.282. The first-order valence-corrected chi connectivity index (χ1v) is 7.52. The highest BCUT2D eigenvalue weighted by Crippen LogP contribution is 2.20. The molecular weight excluding hydrogens is 288 g/mol. The second kappa shape index (κ2) is 6.76. The summed E-state index contributed by atoms with van der Waals surface area (Å²) in [6, 6.07) is 9.45. The van der Waals surface area contributed by atoms with Gasteiger partial charge in [-0.15, -0.1) is 11.6 Å². The van der Waals surface area contributed by atoms with Crippen LogP contribution in [0.2, 0.25) is 0 Å². The van der Waals surface area contributed by atoms with Crippen LogP contribution in [0.3, 0.4) is 0 Å². The van der Waals surface area contributed by atoms with Gasteiger partial charge in [-0.25, -0.2) is 9.48 Å². The second-order valence-corrected chi connectivity index (χ2v) is 5.31. The molecule has 0 aliphatic rings. The minimum Gasteiger partial charge on any atom is -0.461 e. The van der Waals surface area contributed by atoms with Crippen LogP contribution in [-0.2, 0) is 10.6 Å². The van der Waals surface area contributed by atoms with E-state index in [9.17, 15) is 4.79 Å². The number of hydrogen-bond acceptors (Lipinski definition) is 3. The van der Waals surface area contributed by atoms with Gasteiger partial charge >= 0.3 is 5.97 Å². The molecule has 0 bridgehead atoms. The lowest BCUT2D eigenvalue weighted by atomic mass is 10.1. The van der Waals surface area contributed by atoms with Crippen molar-refractivity contribution in [3.63, 3.8) is 0 Å². The van der Waals surface area contributed by atoms with E-state index in [1.54, 1.807) is 17.7 Å². The Kier molecular flexibility index (Phi) is 5.02. The minimum absolute atomic E-state index is 0.232. The van der Waals surface area contributed by atoms with Crippen LogP contribution in [0.25, 0.3) is 5.69 Å². The number of benzene rings is 1. The molecule has 0 saturated carbocycles. The Morgan fingerprint density at radius 1 is 1.38 bits per heavy atom. The average Bonchev–Trinajstić information content (AvgIpc) is 2.93. The van der Waals surface area contributed by atoms with E-state index in [1.165, 1.54) is 0 Å². The highest BCUT2D eigenvalue weighted by molar-refractivity contribution is 6.17. The van der Waals surface area contributed by atoms with Crippen LogP contribution >= 0.6 is 11.6 Å². The summed E-state index contributed by atoms with van der Waals surface area (Å²) in [6.45, 7) is 6.20. The zero-order chi connectivity index (χ0) is 15.4. The van der Waals surface area contributed by atoms with Gasteiger partial charge < -0.3 is 4.74 Å². The van der Waals surface area contributed by atoms with Gasteiger partial charge in [0.2, 0.25) is 0 Å². The van der Waals surface area contributed by atoms with E-state index >= 15 is 0 Å². The first-order chi connectivity index (χ1) is 10.1. The number of carbonyl (C=O) groups is 1. The standard InChI is InChI=1S/C16H19ClN2O2/c1-4-21-16(20)15-9-14(11(2)3)18-19(15)13-7-5-6-12(8-13)10-17/h5-9,11H,4,10H2,1-3H3. The van der Waals surface area contributed by atoms with Crippen LogP contribution in [0, 0.1) is 0 Å². The van der Waals surface area contributed by atoms with Crippen LogP contribution in [0.4, 0.5) is 0 Å². The summed E-state index contributed by atoms with van der Waals surface area (Å²) in [4.78, 5) is 12.1. The van der Waals surface area contributed by atoms with E-state index in [0.29, 0.717) is 18.2 Å². The maximum Gasteiger partial charge on any atom is 0.357 e. The lowest BCUT2D eigenvalue weighted by Crippen LogP contribution is -2.12. The molecular formula is C16H19ClN2O2. The molecule has 2 aromatic rings. The lowest BCUT2D eigenvalue weighted by Gasteiger charge is -2.08. The van der Waals surface area contributed by atoms with Crippen molar-refractivity contribution in [1.29, 1.82) is 0 Å². The Morgan fingerprint density at radius 2 is 2.14 bits per heavy atom. The zero-order valence-electron chi connectivity index (χ0n) is 12.5. The number of alkyl halides is 1. The fourth-order valence-electron chi connectivity index (χ4n) is 2.00. The van der Waals surface area contributed by atoms with E-state index in [-0.39, 0.29) is 11.9 Å². The van der Waals surface area contributed by atoms with Gasteiger partial charge in [0, 0.05) is 5.88 Å².